The molecule has 3 atom stereocenters. The summed E-state index contributed by atoms with van der Waals surface area (Å²) in [6.07, 6.45) is 6.48. The van der Waals surface area contributed by atoms with Gasteiger partial charge in [-0.15, -0.1) is 0 Å². The monoisotopic (exact) mass is 151 g/mol. The van der Waals surface area contributed by atoms with Crippen LogP contribution in [0.1, 0.15) is 39.0 Å². The average molecular weight is 151 g/mol. The number of hydrogen-bond acceptors (Lipinski definition) is 1. The summed E-state index contributed by atoms with van der Waals surface area (Å²) >= 11 is 0. The third kappa shape index (κ3) is 1.33. The van der Waals surface area contributed by atoms with Gasteiger partial charge in [0.05, 0.1) is 0 Å². The van der Waals surface area contributed by atoms with E-state index in [1.165, 1.54) is 25.7 Å². The Kier molecular flexibility index (Phi) is 1.74. The number of fused-ring (bicyclic) bond motifs is 2. The van der Waals surface area contributed by atoms with Crippen LogP contribution in [-0.4, -0.2) is 5.71 Å². The van der Waals surface area contributed by atoms with Crippen LogP contribution in [0.15, 0.2) is 0 Å². The fourth-order valence-electron chi connectivity index (χ4n) is 2.83. The summed E-state index contributed by atoms with van der Waals surface area (Å²) in [5.41, 5.74) is 1.05. The average Bonchev–Trinajstić information content (AvgIpc) is 1.97. The molecule has 0 amide bonds. The summed E-state index contributed by atoms with van der Waals surface area (Å²) in [4.78, 5) is 0. The van der Waals surface area contributed by atoms with E-state index >= 15 is 0 Å². The summed E-state index contributed by atoms with van der Waals surface area (Å²) in [5, 5.41) is 7.76. The van der Waals surface area contributed by atoms with Crippen LogP contribution in [0.2, 0.25) is 0 Å². The molecule has 2 aliphatic carbocycles. The van der Waals surface area contributed by atoms with E-state index in [1.807, 2.05) is 0 Å². The fraction of sp³-hybridized carbons (Fsp3) is 0.900. The highest BCUT2D eigenvalue weighted by Gasteiger charge is 2.32. The molecule has 1 N–H and O–H groups in total. The van der Waals surface area contributed by atoms with E-state index < -0.39 is 0 Å². The van der Waals surface area contributed by atoms with Crippen LogP contribution >= 0.6 is 0 Å². The van der Waals surface area contributed by atoms with Gasteiger partial charge in [-0.3, -0.25) is 0 Å². The zero-order chi connectivity index (χ0) is 7.84. The van der Waals surface area contributed by atoms with E-state index in [9.17, 15) is 0 Å². The van der Waals surface area contributed by atoms with Gasteiger partial charge in [-0.25, -0.2) is 0 Å². The molecule has 2 saturated carbocycles. The second-order valence-electron chi connectivity index (χ2n) is 4.44. The molecule has 11 heavy (non-hydrogen) atoms. The van der Waals surface area contributed by atoms with Crippen LogP contribution in [0.4, 0.5) is 0 Å². The van der Waals surface area contributed by atoms with Gasteiger partial charge in [-0.2, -0.15) is 0 Å². The van der Waals surface area contributed by atoms with Gasteiger partial charge in [0.2, 0.25) is 0 Å². The molecule has 62 valence electrons. The maximum absolute atomic E-state index is 7.76. The Hall–Kier alpha value is -0.330. The Morgan fingerprint density at radius 3 is 2.91 bits per heavy atom. The van der Waals surface area contributed by atoms with Crippen molar-refractivity contribution >= 4 is 5.71 Å². The summed E-state index contributed by atoms with van der Waals surface area (Å²) in [7, 11) is 0. The molecule has 2 fully saturated rings. The molecular formula is C10H17N. The molecule has 0 aromatic carbocycles. The van der Waals surface area contributed by atoms with Crippen molar-refractivity contribution in [1.29, 1.82) is 5.41 Å². The van der Waals surface area contributed by atoms with E-state index in [1.54, 1.807) is 0 Å². The first-order chi connectivity index (χ1) is 5.25. The van der Waals surface area contributed by atoms with E-state index in [2.05, 4.69) is 6.92 Å². The lowest BCUT2D eigenvalue weighted by molar-refractivity contribution is 0.218. The molecule has 0 aliphatic heterocycles. The highest BCUT2D eigenvalue weighted by atomic mass is 14.5. The van der Waals surface area contributed by atoms with E-state index in [0.717, 1.165) is 24.0 Å². The Labute approximate surface area is 68.7 Å². The summed E-state index contributed by atoms with van der Waals surface area (Å²) in [5.74, 6) is 2.54. The summed E-state index contributed by atoms with van der Waals surface area (Å²) < 4.78 is 0. The van der Waals surface area contributed by atoms with Crippen molar-refractivity contribution in [2.24, 2.45) is 17.8 Å². The Morgan fingerprint density at radius 1 is 1.27 bits per heavy atom. The third-order valence-electron chi connectivity index (χ3n) is 3.36. The van der Waals surface area contributed by atoms with Gasteiger partial charge in [0.15, 0.2) is 0 Å². The van der Waals surface area contributed by atoms with Crippen LogP contribution in [0.5, 0.6) is 0 Å². The second kappa shape index (κ2) is 2.62. The molecular weight excluding hydrogens is 134 g/mol. The van der Waals surface area contributed by atoms with Crippen LogP contribution < -0.4 is 0 Å². The maximum Gasteiger partial charge on any atom is 0.0120 e. The molecule has 0 heterocycles. The first kappa shape index (κ1) is 7.33. The lowest BCUT2D eigenvalue weighted by Gasteiger charge is -2.38. The molecule has 3 unspecified atom stereocenters. The molecule has 1 nitrogen and oxygen atoms in total. The van der Waals surface area contributed by atoms with Gasteiger partial charge in [-0.05, 0) is 49.9 Å². The van der Waals surface area contributed by atoms with Crippen molar-refractivity contribution in [3.63, 3.8) is 0 Å². The van der Waals surface area contributed by atoms with Crippen molar-refractivity contribution in [2.75, 3.05) is 0 Å². The van der Waals surface area contributed by atoms with Gasteiger partial charge in [0.1, 0.15) is 0 Å². The zero-order valence-corrected chi connectivity index (χ0v) is 7.27. The standard InChI is InChI=1S/C10H17N/c1-7-4-8-2-3-10(11)9(5-7)6-8/h7-9,11H,2-6H2,1H3. The van der Waals surface area contributed by atoms with Crippen molar-refractivity contribution in [1.82, 2.24) is 0 Å². The SMILES string of the molecule is CC1CC2CCC(=N)C(C1)C2. The molecule has 1 heteroatoms. The smallest absolute Gasteiger partial charge is 0.0120 e. The predicted octanol–water partition coefficient (Wildman–Crippen LogP) is 2.85. The quantitative estimate of drug-likeness (QED) is 0.550. The molecule has 0 aromatic rings. The van der Waals surface area contributed by atoms with Crippen molar-refractivity contribution in [3.05, 3.63) is 0 Å². The Morgan fingerprint density at radius 2 is 2.09 bits per heavy atom. The Balaban J connectivity index is 2.08. The lowest BCUT2D eigenvalue weighted by atomic mass is 9.68. The van der Waals surface area contributed by atoms with Gasteiger partial charge in [0.25, 0.3) is 0 Å². The maximum atomic E-state index is 7.76. The topological polar surface area (TPSA) is 23.9 Å². The highest BCUT2D eigenvalue weighted by Crippen LogP contribution is 2.40. The zero-order valence-electron chi connectivity index (χ0n) is 7.27. The van der Waals surface area contributed by atoms with E-state index in [0.29, 0.717) is 5.92 Å². The summed E-state index contributed by atoms with van der Waals surface area (Å²) in [6, 6.07) is 0. The minimum atomic E-state index is 0.678. The minimum Gasteiger partial charge on any atom is -0.309 e. The van der Waals surface area contributed by atoms with Gasteiger partial charge in [0, 0.05) is 5.71 Å². The largest absolute Gasteiger partial charge is 0.309 e. The van der Waals surface area contributed by atoms with Crippen LogP contribution in [0.3, 0.4) is 0 Å². The van der Waals surface area contributed by atoms with Crippen molar-refractivity contribution in [2.45, 2.75) is 39.0 Å². The fourth-order valence-corrected chi connectivity index (χ4v) is 2.83. The second-order valence-corrected chi connectivity index (χ2v) is 4.44. The van der Waals surface area contributed by atoms with Crippen LogP contribution in [0, 0.1) is 23.2 Å². The van der Waals surface area contributed by atoms with Gasteiger partial charge >= 0.3 is 0 Å². The molecule has 0 saturated heterocycles. The van der Waals surface area contributed by atoms with E-state index in [4.69, 9.17) is 5.41 Å². The predicted molar refractivity (Wildman–Crippen MR) is 47.0 cm³/mol. The lowest BCUT2D eigenvalue weighted by Crippen LogP contribution is -2.31. The Bertz CT molecular complexity index is 172. The number of hydrogen-bond donors (Lipinski definition) is 1. The van der Waals surface area contributed by atoms with Gasteiger partial charge < -0.3 is 5.41 Å². The van der Waals surface area contributed by atoms with Crippen LogP contribution in [0.25, 0.3) is 0 Å². The van der Waals surface area contributed by atoms with E-state index in [-0.39, 0.29) is 0 Å². The molecule has 0 radical (unpaired) electrons. The number of nitrogens with one attached hydrogen (secondary N) is 1. The van der Waals surface area contributed by atoms with Crippen molar-refractivity contribution < 1.29 is 0 Å². The summed E-state index contributed by atoms with van der Waals surface area (Å²) in [6.45, 7) is 2.35. The molecule has 2 rings (SSSR count). The first-order valence-electron chi connectivity index (χ1n) is 4.83. The molecule has 0 aromatic heterocycles. The van der Waals surface area contributed by atoms with Gasteiger partial charge in [-0.1, -0.05) is 6.92 Å². The minimum absolute atomic E-state index is 0.678. The molecule has 0 spiro atoms. The van der Waals surface area contributed by atoms with Crippen molar-refractivity contribution in [3.8, 4) is 0 Å². The molecule has 2 bridgehead atoms. The van der Waals surface area contributed by atoms with Crippen LogP contribution in [-0.2, 0) is 0 Å². The third-order valence-corrected chi connectivity index (χ3v) is 3.36. The molecule has 2 aliphatic rings. The first-order valence-corrected chi connectivity index (χ1v) is 4.83. The normalized spacial score (nSPS) is 44.1. The highest BCUT2D eigenvalue weighted by molar-refractivity contribution is 5.84. The number of rotatable bonds is 0.